The first-order valence-electron chi connectivity index (χ1n) is 9.56. The average Bonchev–Trinajstić information content (AvgIpc) is 2.74. The molecule has 30 heavy (non-hydrogen) atoms. The molecule has 0 spiro atoms. The smallest absolute Gasteiger partial charge is 0.331 e. The number of aliphatic hydroxyl groups is 1. The summed E-state index contributed by atoms with van der Waals surface area (Å²) in [5, 5.41) is 13.8. The van der Waals surface area contributed by atoms with Crippen LogP contribution in [0.4, 0.5) is 0 Å². The van der Waals surface area contributed by atoms with Gasteiger partial charge in [0.05, 0.1) is 12.5 Å². The quantitative estimate of drug-likeness (QED) is 0.677. The maximum absolute atomic E-state index is 12.7. The molecule has 3 rings (SSSR count). The normalized spacial score (nSPS) is 20.0. The van der Waals surface area contributed by atoms with Crippen molar-refractivity contribution in [3.8, 4) is 0 Å². The Morgan fingerprint density at radius 1 is 1.10 bits per heavy atom. The number of benzene rings is 2. The van der Waals surface area contributed by atoms with Crippen molar-refractivity contribution in [2.45, 2.75) is 37.7 Å². The minimum atomic E-state index is -1.20. The molecule has 0 aliphatic carbocycles. The Hall–Kier alpha value is -3.45. The van der Waals surface area contributed by atoms with Crippen LogP contribution in [0.15, 0.2) is 72.8 Å². The lowest BCUT2D eigenvalue weighted by molar-refractivity contribution is -0.167. The van der Waals surface area contributed by atoms with Crippen molar-refractivity contribution in [2.24, 2.45) is 0 Å². The maximum Gasteiger partial charge on any atom is 0.331 e. The molecule has 0 radical (unpaired) electrons. The number of rotatable bonds is 7. The van der Waals surface area contributed by atoms with Crippen LogP contribution >= 0.6 is 0 Å². The molecule has 156 valence electrons. The minimum absolute atomic E-state index is 0.0770. The van der Waals surface area contributed by atoms with Gasteiger partial charge in [-0.05, 0) is 17.2 Å². The van der Waals surface area contributed by atoms with Gasteiger partial charge in [0.1, 0.15) is 6.10 Å². The molecule has 7 heteroatoms. The zero-order chi connectivity index (χ0) is 21.5. The van der Waals surface area contributed by atoms with E-state index in [1.165, 1.54) is 13.0 Å². The molecule has 0 unspecified atom stereocenters. The number of amides is 1. The van der Waals surface area contributed by atoms with Gasteiger partial charge in [-0.2, -0.15) is 0 Å². The molecule has 0 aromatic heterocycles. The lowest BCUT2D eigenvalue weighted by Gasteiger charge is -2.36. The second kappa shape index (κ2) is 9.84. The Morgan fingerprint density at radius 2 is 1.73 bits per heavy atom. The predicted octanol–water partition coefficient (Wildman–Crippen LogP) is 1.86. The van der Waals surface area contributed by atoms with Gasteiger partial charge in [-0.25, -0.2) is 4.79 Å². The molecule has 0 saturated heterocycles. The topological polar surface area (TPSA) is 102 Å². The summed E-state index contributed by atoms with van der Waals surface area (Å²) >= 11 is 0. The van der Waals surface area contributed by atoms with E-state index in [0.29, 0.717) is 5.56 Å². The lowest BCUT2D eigenvalue weighted by atomic mass is 9.93. The molecule has 2 N–H and O–H groups in total. The zero-order valence-corrected chi connectivity index (χ0v) is 16.4. The van der Waals surface area contributed by atoms with E-state index < -0.39 is 36.3 Å². The number of aliphatic hydroxyl groups excluding tert-OH is 1. The number of hydrogen-bond donors (Lipinski definition) is 2. The van der Waals surface area contributed by atoms with Gasteiger partial charge >= 0.3 is 11.9 Å². The SMILES string of the molecule is CC(=O)O[C@H]1C=CC(=O)O[C@@H]1[C@@H](NC(=O)Cc1ccccc1)[C@H](O)c1ccccc1. The summed E-state index contributed by atoms with van der Waals surface area (Å²) in [5.74, 6) is -1.59. The zero-order valence-electron chi connectivity index (χ0n) is 16.4. The van der Waals surface area contributed by atoms with E-state index in [4.69, 9.17) is 9.47 Å². The number of esters is 2. The van der Waals surface area contributed by atoms with Gasteiger partial charge in [-0.15, -0.1) is 0 Å². The highest BCUT2D eigenvalue weighted by atomic mass is 16.6. The van der Waals surface area contributed by atoms with E-state index in [1.54, 1.807) is 30.3 Å². The first-order valence-corrected chi connectivity index (χ1v) is 9.56. The van der Waals surface area contributed by atoms with Gasteiger partial charge in [0, 0.05) is 13.0 Å². The number of ether oxygens (including phenoxy) is 2. The van der Waals surface area contributed by atoms with Gasteiger partial charge in [-0.1, -0.05) is 60.7 Å². The Morgan fingerprint density at radius 3 is 2.37 bits per heavy atom. The molecule has 1 heterocycles. The molecule has 0 fully saturated rings. The van der Waals surface area contributed by atoms with E-state index in [1.807, 2.05) is 30.3 Å². The molecule has 1 aliphatic heterocycles. The molecular weight excluding hydrogens is 386 g/mol. The number of hydrogen-bond acceptors (Lipinski definition) is 6. The lowest BCUT2D eigenvalue weighted by Crippen LogP contribution is -2.55. The second-order valence-electron chi connectivity index (χ2n) is 6.95. The first kappa shape index (κ1) is 21.3. The molecular formula is C23H23NO6. The molecule has 2 aromatic carbocycles. The van der Waals surface area contributed by atoms with Crippen LogP contribution in [0.1, 0.15) is 24.2 Å². The predicted molar refractivity (Wildman–Crippen MR) is 108 cm³/mol. The molecule has 2 aromatic rings. The van der Waals surface area contributed by atoms with E-state index >= 15 is 0 Å². The average molecular weight is 409 g/mol. The fourth-order valence-electron chi connectivity index (χ4n) is 3.32. The van der Waals surface area contributed by atoms with E-state index in [-0.39, 0.29) is 12.3 Å². The summed E-state index contributed by atoms with van der Waals surface area (Å²) < 4.78 is 10.6. The van der Waals surface area contributed by atoms with Crippen LogP contribution in [-0.4, -0.2) is 41.2 Å². The van der Waals surface area contributed by atoms with Crippen molar-refractivity contribution in [3.63, 3.8) is 0 Å². The number of cyclic esters (lactones) is 1. The van der Waals surface area contributed by atoms with Crippen LogP contribution in [0.3, 0.4) is 0 Å². The molecule has 4 atom stereocenters. The van der Waals surface area contributed by atoms with Gasteiger partial charge < -0.3 is 19.9 Å². The van der Waals surface area contributed by atoms with E-state index in [9.17, 15) is 19.5 Å². The summed E-state index contributed by atoms with van der Waals surface area (Å²) in [5.41, 5.74) is 1.31. The highest BCUT2D eigenvalue weighted by molar-refractivity contribution is 5.84. The van der Waals surface area contributed by atoms with Crippen LogP contribution < -0.4 is 5.32 Å². The van der Waals surface area contributed by atoms with Crippen molar-refractivity contribution >= 4 is 17.8 Å². The van der Waals surface area contributed by atoms with Gasteiger partial charge in [-0.3, -0.25) is 9.59 Å². The molecule has 1 aliphatic rings. The molecule has 1 amide bonds. The third-order valence-electron chi connectivity index (χ3n) is 4.67. The highest BCUT2D eigenvalue weighted by Gasteiger charge is 2.41. The highest BCUT2D eigenvalue weighted by Crippen LogP contribution is 2.26. The van der Waals surface area contributed by atoms with Crippen molar-refractivity contribution in [1.29, 1.82) is 0 Å². The van der Waals surface area contributed by atoms with Crippen molar-refractivity contribution in [1.82, 2.24) is 5.32 Å². The first-order chi connectivity index (χ1) is 14.4. The second-order valence-corrected chi connectivity index (χ2v) is 6.95. The Kier molecular flexibility index (Phi) is 6.98. The Labute approximate surface area is 174 Å². The fraction of sp³-hybridized carbons (Fsp3) is 0.261. The third-order valence-corrected chi connectivity index (χ3v) is 4.67. The van der Waals surface area contributed by atoms with Gasteiger partial charge in [0.2, 0.25) is 5.91 Å². The van der Waals surface area contributed by atoms with E-state index in [0.717, 1.165) is 11.6 Å². The van der Waals surface area contributed by atoms with Crippen molar-refractivity contribution in [2.75, 3.05) is 0 Å². The Balaban J connectivity index is 1.88. The van der Waals surface area contributed by atoms with Crippen molar-refractivity contribution < 1.29 is 29.0 Å². The Bertz CT molecular complexity index is 912. The minimum Gasteiger partial charge on any atom is -0.454 e. The molecule has 0 bridgehead atoms. The van der Waals surface area contributed by atoms with Crippen LogP contribution in [0.25, 0.3) is 0 Å². The van der Waals surface area contributed by atoms with Crippen LogP contribution in [0.5, 0.6) is 0 Å². The van der Waals surface area contributed by atoms with Crippen LogP contribution in [-0.2, 0) is 30.3 Å². The third kappa shape index (κ3) is 5.55. The maximum atomic E-state index is 12.7. The largest absolute Gasteiger partial charge is 0.454 e. The number of carbonyl (C=O) groups excluding carboxylic acids is 3. The summed E-state index contributed by atoms with van der Waals surface area (Å²) in [7, 11) is 0. The summed E-state index contributed by atoms with van der Waals surface area (Å²) in [6.45, 7) is 1.23. The van der Waals surface area contributed by atoms with Crippen LogP contribution in [0.2, 0.25) is 0 Å². The number of carbonyl (C=O) groups is 3. The monoisotopic (exact) mass is 409 g/mol. The van der Waals surface area contributed by atoms with E-state index in [2.05, 4.69) is 5.32 Å². The number of nitrogens with one attached hydrogen (secondary N) is 1. The van der Waals surface area contributed by atoms with Gasteiger partial charge in [0.15, 0.2) is 12.2 Å². The van der Waals surface area contributed by atoms with Crippen LogP contribution in [0, 0.1) is 0 Å². The summed E-state index contributed by atoms with van der Waals surface area (Å²) in [6, 6.07) is 16.8. The van der Waals surface area contributed by atoms with Gasteiger partial charge in [0.25, 0.3) is 0 Å². The molecule has 0 saturated carbocycles. The standard InChI is InChI=1S/C23H23NO6/c1-15(25)29-18-12-13-20(27)30-23(18)21(22(28)17-10-6-3-7-11-17)24-19(26)14-16-8-4-2-5-9-16/h2-13,18,21-23,28H,14H2,1H3,(H,24,26)/t18-,21-,22+,23-/m0/s1. The fourth-order valence-corrected chi connectivity index (χ4v) is 3.32. The van der Waals surface area contributed by atoms with Crippen molar-refractivity contribution in [3.05, 3.63) is 83.9 Å². The summed E-state index contributed by atoms with van der Waals surface area (Å²) in [6.07, 6.45) is -0.614. The molecule has 7 nitrogen and oxygen atoms in total. The summed E-state index contributed by atoms with van der Waals surface area (Å²) in [4.78, 5) is 36.1.